The van der Waals surface area contributed by atoms with Crippen molar-refractivity contribution < 1.29 is 19.1 Å². The molecule has 5 heteroatoms. The third-order valence-corrected chi connectivity index (χ3v) is 4.02. The first-order chi connectivity index (χ1) is 12.5. The molecule has 4 nitrogen and oxygen atoms in total. The molecule has 0 heterocycles. The first-order valence-corrected chi connectivity index (χ1v) is 8.77. The Morgan fingerprint density at radius 1 is 0.885 bits per heavy atom. The van der Waals surface area contributed by atoms with E-state index in [-0.39, 0.29) is 18.8 Å². The highest BCUT2D eigenvalue weighted by Crippen LogP contribution is 2.33. The maximum Gasteiger partial charge on any atom is 0.346 e. The van der Waals surface area contributed by atoms with Crippen LogP contribution in [0.25, 0.3) is 5.57 Å². The Kier molecular flexibility index (Phi) is 6.98. The summed E-state index contributed by atoms with van der Waals surface area (Å²) >= 11 is 6.37. The molecule has 0 amide bonds. The Morgan fingerprint density at radius 2 is 1.42 bits per heavy atom. The molecule has 2 aromatic rings. The molecule has 0 saturated carbocycles. The second kappa shape index (κ2) is 9.20. The van der Waals surface area contributed by atoms with Gasteiger partial charge in [-0.2, -0.15) is 0 Å². The Morgan fingerprint density at radius 3 is 1.92 bits per heavy atom. The fourth-order valence-corrected chi connectivity index (χ4v) is 2.74. The minimum Gasteiger partial charge on any atom is -0.462 e. The summed E-state index contributed by atoms with van der Waals surface area (Å²) in [6, 6.07) is 14.5. The Labute approximate surface area is 158 Å². The third kappa shape index (κ3) is 4.52. The van der Waals surface area contributed by atoms with Gasteiger partial charge in [-0.05, 0) is 32.4 Å². The topological polar surface area (TPSA) is 52.6 Å². The molecule has 0 N–H and O–H groups in total. The number of carbonyl (C=O) groups excluding carboxylic acids is 2. The van der Waals surface area contributed by atoms with Crippen molar-refractivity contribution in [2.75, 3.05) is 13.2 Å². The number of ether oxygens (including phenoxy) is 2. The molecule has 26 heavy (non-hydrogen) atoms. The van der Waals surface area contributed by atoms with E-state index < -0.39 is 11.9 Å². The SMILES string of the molecule is CCOC(=O)C(C(=O)OCC)=C(c1ccc(C)cc1)c1ccccc1Cl. The fourth-order valence-electron chi connectivity index (χ4n) is 2.51. The molecule has 0 spiro atoms. The van der Waals surface area contributed by atoms with E-state index in [2.05, 4.69) is 0 Å². The van der Waals surface area contributed by atoms with Gasteiger partial charge in [0, 0.05) is 16.2 Å². The number of rotatable bonds is 6. The largest absolute Gasteiger partial charge is 0.462 e. The van der Waals surface area contributed by atoms with Crippen LogP contribution >= 0.6 is 11.6 Å². The van der Waals surface area contributed by atoms with Crippen LogP contribution in [-0.2, 0) is 19.1 Å². The molecule has 2 rings (SSSR count). The minimum absolute atomic E-state index is 0.144. The zero-order valence-electron chi connectivity index (χ0n) is 15.0. The molecule has 0 atom stereocenters. The van der Waals surface area contributed by atoms with Crippen LogP contribution in [0.1, 0.15) is 30.5 Å². The standard InChI is InChI=1S/C21H21ClO4/c1-4-25-20(23)19(21(24)26-5-2)18(15-12-10-14(3)11-13-15)16-8-6-7-9-17(16)22/h6-13H,4-5H2,1-3H3. The summed E-state index contributed by atoms with van der Waals surface area (Å²) in [6.45, 7) is 5.61. The van der Waals surface area contributed by atoms with Crippen molar-refractivity contribution in [3.8, 4) is 0 Å². The summed E-state index contributed by atoms with van der Waals surface area (Å²) in [5, 5.41) is 0.425. The Hall–Kier alpha value is -2.59. The second-order valence-electron chi connectivity index (χ2n) is 5.54. The summed E-state index contributed by atoms with van der Waals surface area (Å²) in [7, 11) is 0. The van der Waals surface area contributed by atoms with Crippen molar-refractivity contribution in [3.63, 3.8) is 0 Å². The van der Waals surface area contributed by atoms with Crippen molar-refractivity contribution in [3.05, 3.63) is 75.8 Å². The summed E-state index contributed by atoms with van der Waals surface area (Å²) in [5.41, 5.74) is 2.54. The van der Waals surface area contributed by atoms with E-state index in [9.17, 15) is 9.59 Å². The lowest BCUT2D eigenvalue weighted by molar-refractivity contribution is -0.146. The summed E-state index contributed by atoms with van der Waals surface area (Å²) in [4.78, 5) is 25.2. The van der Waals surface area contributed by atoms with Crippen molar-refractivity contribution >= 4 is 29.1 Å². The van der Waals surface area contributed by atoms with Crippen LogP contribution in [0.5, 0.6) is 0 Å². The van der Waals surface area contributed by atoms with Gasteiger partial charge in [0.1, 0.15) is 0 Å². The van der Waals surface area contributed by atoms with E-state index in [0.717, 1.165) is 5.56 Å². The molecule has 0 unspecified atom stereocenters. The van der Waals surface area contributed by atoms with Gasteiger partial charge in [-0.3, -0.25) is 0 Å². The predicted molar refractivity (Wildman–Crippen MR) is 102 cm³/mol. The molecule has 0 aliphatic carbocycles. The van der Waals surface area contributed by atoms with E-state index in [1.807, 2.05) is 31.2 Å². The number of benzene rings is 2. The third-order valence-electron chi connectivity index (χ3n) is 3.69. The zero-order chi connectivity index (χ0) is 19.1. The van der Waals surface area contributed by atoms with E-state index in [4.69, 9.17) is 21.1 Å². The lowest BCUT2D eigenvalue weighted by atomic mass is 9.92. The monoisotopic (exact) mass is 372 g/mol. The van der Waals surface area contributed by atoms with E-state index in [1.54, 1.807) is 38.1 Å². The number of esters is 2. The van der Waals surface area contributed by atoms with E-state index >= 15 is 0 Å². The Bertz CT molecular complexity index is 802. The van der Waals surface area contributed by atoms with E-state index in [0.29, 0.717) is 21.7 Å². The van der Waals surface area contributed by atoms with Crippen molar-refractivity contribution in [1.29, 1.82) is 0 Å². The number of halogens is 1. The van der Waals surface area contributed by atoms with Crippen LogP contribution < -0.4 is 0 Å². The van der Waals surface area contributed by atoms with Crippen LogP contribution in [0.15, 0.2) is 54.1 Å². The minimum atomic E-state index is -0.735. The molecule has 0 radical (unpaired) electrons. The van der Waals surface area contributed by atoms with Gasteiger partial charge in [0.25, 0.3) is 0 Å². The predicted octanol–water partition coefficient (Wildman–Crippen LogP) is 4.58. The number of aryl methyl sites for hydroxylation is 1. The van der Waals surface area contributed by atoms with Crippen LogP contribution in [0.4, 0.5) is 0 Å². The first kappa shape index (κ1) is 19.7. The van der Waals surface area contributed by atoms with Crippen LogP contribution in [0.3, 0.4) is 0 Å². The molecule has 0 saturated heterocycles. The normalized spacial score (nSPS) is 10.2. The second-order valence-corrected chi connectivity index (χ2v) is 5.94. The van der Waals surface area contributed by atoms with Gasteiger partial charge in [0.2, 0.25) is 0 Å². The molecule has 0 aliphatic rings. The number of hydrogen-bond donors (Lipinski definition) is 0. The lowest BCUT2D eigenvalue weighted by Gasteiger charge is -2.16. The van der Waals surface area contributed by atoms with Gasteiger partial charge < -0.3 is 9.47 Å². The molecule has 0 fully saturated rings. The molecule has 2 aromatic carbocycles. The summed E-state index contributed by atoms with van der Waals surface area (Å²) in [5.74, 6) is -1.47. The average molecular weight is 373 g/mol. The van der Waals surface area contributed by atoms with Gasteiger partial charge in [-0.1, -0.05) is 59.6 Å². The van der Waals surface area contributed by atoms with Crippen molar-refractivity contribution in [2.24, 2.45) is 0 Å². The van der Waals surface area contributed by atoms with Gasteiger partial charge in [0.15, 0.2) is 5.57 Å². The molecule has 0 bridgehead atoms. The summed E-state index contributed by atoms with van der Waals surface area (Å²) in [6.07, 6.45) is 0. The highest BCUT2D eigenvalue weighted by molar-refractivity contribution is 6.33. The molecular weight excluding hydrogens is 352 g/mol. The molecular formula is C21H21ClO4. The lowest BCUT2D eigenvalue weighted by Crippen LogP contribution is -2.20. The van der Waals surface area contributed by atoms with Crippen LogP contribution in [-0.4, -0.2) is 25.2 Å². The Balaban J connectivity index is 2.81. The summed E-state index contributed by atoms with van der Waals surface area (Å²) < 4.78 is 10.2. The smallest absolute Gasteiger partial charge is 0.346 e. The van der Waals surface area contributed by atoms with E-state index in [1.165, 1.54) is 0 Å². The van der Waals surface area contributed by atoms with Gasteiger partial charge in [0.05, 0.1) is 13.2 Å². The number of carbonyl (C=O) groups is 2. The maximum absolute atomic E-state index is 12.6. The quantitative estimate of drug-likeness (QED) is 0.322. The molecule has 0 aromatic heterocycles. The van der Waals surface area contributed by atoms with Crippen molar-refractivity contribution in [2.45, 2.75) is 20.8 Å². The highest BCUT2D eigenvalue weighted by Gasteiger charge is 2.28. The fraction of sp³-hybridized carbons (Fsp3) is 0.238. The van der Waals surface area contributed by atoms with Crippen molar-refractivity contribution in [1.82, 2.24) is 0 Å². The average Bonchev–Trinajstić information content (AvgIpc) is 2.61. The van der Waals surface area contributed by atoms with Gasteiger partial charge in [-0.25, -0.2) is 9.59 Å². The molecule has 136 valence electrons. The first-order valence-electron chi connectivity index (χ1n) is 8.40. The van der Waals surface area contributed by atoms with Crippen LogP contribution in [0.2, 0.25) is 5.02 Å². The highest BCUT2D eigenvalue weighted by atomic mass is 35.5. The number of hydrogen-bond acceptors (Lipinski definition) is 4. The van der Waals surface area contributed by atoms with Gasteiger partial charge in [-0.15, -0.1) is 0 Å². The maximum atomic E-state index is 12.6. The van der Waals surface area contributed by atoms with Crippen LogP contribution in [0, 0.1) is 6.92 Å². The molecule has 0 aliphatic heterocycles. The van der Waals surface area contributed by atoms with Gasteiger partial charge >= 0.3 is 11.9 Å². The zero-order valence-corrected chi connectivity index (χ0v) is 15.8.